The van der Waals surface area contributed by atoms with E-state index in [0.717, 1.165) is 22.8 Å². The summed E-state index contributed by atoms with van der Waals surface area (Å²) in [6, 6.07) is 26.5. The van der Waals surface area contributed by atoms with Gasteiger partial charge in [-0.25, -0.2) is 0 Å². The van der Waals surface area contributed by atoms with Gasteiger partial charge in [0.15, 0.2) is 0 Å². The zero-order valence-electron chi connectivity index (χ0n) is 17.4. The summed E-state index contributed by atoms with van der Waals surface area (Å²) in [7, 11) is 0. The average Bonchev–Trinajstić information content (AvgIpc) is 2.80. The summed E-state index contributed by atoms with van der Waals surface area (Å²) >= 11 is 0. The number of allylic oxidation sites excluding steroid dienone is 1. The van der Waals surface area contributed by atoms with Gasteiger partial charge in [-0.3, -0.25) is 4.79 Å². The molecule has 0 saturated heterocycles. The Labute approximate surface area is 182 Å². The van der Waals surface area contributed by atoms with Gasteiger partial charge < -0.3 is 10.8 Å². The summed E-state index contributed by atoms with van der Waals surface area (Å²) in [6.07, 6.45) is 7.39. The van der Waals surface area contributed by atoms with Crippen molar-refractivity contribution in [2.24, 2.45) is 11.7 Å². The molecule has 0 saturated carbocycles. The number of amides is 1. The van der Waals surface area contributed by atoms with E-state index in [1.54, 1.807) is 0 Å². The Bertz CT molecular complexity index is 1240. The third kappa shape index (κ3) is 4.84. The molecule has 1 radical (unpaired) electrons. The van der Waals surface area contributed by atoms with Gasteiger partial charge in [0.2, 0.25) is 5.91 Å². The molecule has 31 heavy (non-hydrogen) atoms. The van der Waals surface area contributed by atoms with Gasteiger partial charge in [0.1, 0.15) is 0 Å². The fourth-order valence-corrected chi connectivity index (χ4v) is 4.07. The summed E-state index contributed by atoms with van der Waals surface area (Å²) in [5, 5.41) is 14.1. The largest absolute Gasteiger partial charge is 0.396 e. The second-order valence-electron chi connectivity index (χ2n) is 7.84. The Morgan fingerprint density at radius 2 is 1.61 bits per heavy atom. The lowest BCUT2D eigenvalue weighted by Crippen LogP contribution is -2.14. The van der Waals surface area contributed by atoms with E-state index in [0.29, 0.717) is 12.0 Å². The third-order valence-corrected chi connectivity index (χ3v) is 5.67. The van der Waals surface area contributed by atoms with E-state index in [-0.39, 0.29) is 12.5 Å². The topological polar surface area (TPSA) is 63.3 Å². The number of hydrogen-bond donors (Lipinski definition) is 2. The van der Waals surface area contributed by atoms with Crippen LogP contribution >= 0.6 is 0 Å². The Morgan fingerprint density at radius 3 is 2.39 bits per heavy atom. The summed E-state index contributed by atoms with van der Waals surface area (Å²) < 4.78 is 0. The van der Waals surface area contributed by atoms with E-state index in [1.165, 1.54) is 16.3 Å². The number of aliphatic hydroxyl groups is 1. The van der Waals surface area contributed by atoms with Crippen molar-refractivity contribution < 1.29 is 9.90 Å². The average molecular weight is 409 g/mol. The third-order valence-electron chi connectivity index (χ3n) is 5.67. The first-order valence-electron chi connectivity index (χ1n) is 10.5. The van der Waals surface area contributed by atoms with Crippen LogP contribution in [0.1, 0.15) is 21.5 Å². The van der Waals surface area contributed by atoms with E-state index in [9.17, 15) is 9.90 Å². The van der Waals surface area contributed by atoms with Gasteiger partial charge in [0.05, 0.1) is 5.56 Å². The van der Waals surface area contributed by atoms with Gasteiger partial charge in [-0.05, 0) is 51.9 Å². The van der Waals surface area contributed by atoms with Gasteiger partial charge in [-0.2, -0.15) is 0 Å². The molecule has 0 aliphatic carbocycles. The second kappa shape index (κ2) is 9.59. The molecule has 3 nitrogen and oxygen atoms in total. The second-order valence-corrected chi connectivity index (χ2v) is 7.84. The first-order chi connectivity index (χ1) is 15.2. The maximum atomic E-state index is 12.1. The summed E-state index contributed by atoms with van der Waals surface area (Å²) in [4.78, 5) is 12.1. The minimum absolute atomic E-state index is 0.0321. The van der Waals surface area contributed by atoms with Crippen molar-refractivity contribution in [3.8, 4) is 0 Å². The van der Waals surface area contributed by atoms with Crippen LogP contribution in [0.25, 0.3) is 21.5 Å². The fraction of sp³-hybridized carbons (Fsp3) is 0.143. The summed E-state index contributed by atoms with van der Waals surface area (Å²) in [5.74, 6) is -0.377. The highest BCUT2D eigenvalue weighted by atomic mass is 16.3. The van der Waals surface area contributed by atoms with Crippen molar-refractivity contribution >= 4 is 27.5 Å². The number of fused-ring (bicyclic) bond motifs is 2. The smallest absolute Gasteiger partial charge is 0.249 e. The lowest BCUT2D eigenvalue weighted by atomic mass is 9.94. The van der Waals surface area contributed by atoms with Crippen molar-refractivity contribution in [1.82, 2.24) is 0 Å². The predicted octanol–water partition coefficient (Wildman–Crippen LogP) is 5.25. The molecule has 1 amide bonds. The monoisotopic (exact) mass is 408 g/mol. The number of rotatable bonds is 8. The number of hydrogen-bond acceptors (Lipinski definition) is 2. The molecule has 155 valence electrons. The van der Waals surface area contributed by atoms with Crippen molar-refractivity contribution in [2.45, 2.75) is 12.8 Å². The first-order valence-corrected chi connectivity index (χ1v) is 10.5. The van der Waals surface area contributed by atoms with Gasteiger partial charge in [-0.1, -0.05) is 91.0 Å². The zero-order chi connectivity index (χ0) is 21.6. The molecule has 0 spiro atoms. The number of primary amides is 1. The highest BCUT2D eigenvalue weighted by Gasteiger charge is 2.12. The number of benzene rings is 4. The van der Waals surface area contributed by atoms with Gasteiger partial charge >= 0.3 is 0 Å². The molecule has 0 aromatic heterocycles. The molecule has 1 unspecified atom stereocenters. The number of nitrogens with two attached hydrogens (primary N) is 1. The van der Waals surface area contributed by atoms with Crippen LogP contribution in [-0.2, 0) is 12.8 Å². The van der Waals surface area contributed by atoms with Crippen LogP contribution in [0.4, 0.5) is 0 Å². The van der Waals surface area contributed by atoms with Crippen LogP contribution in [0.2, 0.25) is 0 Å². The summed E-state index contributed by atoms with van der Waals surface area (Å²) in [5.41, 5.74) is 8.37. The minimum Gasteiger partial charge on any atom is -0.396 e. The predicted molar refractivity (Wildman–Crippen MR) is 128 cm³/mol. The molecule has 0 aliphatic heterocycles. The van der Waals surface area contributed by atoms with E-state index in [4.69, 9.17) is 5.73 Å². The van der Waals surface area contributed by atoms with Crippen LogP contribution in [0.15, 0.2) is 91.0 Å². The molecule has 0 heterocycles. The van der Waals surface area contributed by atoms with E-state index < -0.39 is 5.91 Å². The number of aliphatic hydroxyl groups excluding tert-OH is 1. The SMILES string of the molecule is NC(=O)c1c(C[CH]/C=C/C(CO)Cc2ccc3ccccc3c2)ccc2ccccc12. The van der Waals surface area contributed by atoms with Crippen LogP contribution in [0.3, 0.4) is 0 Å². The molecule has 1 atom stereocenters. The molecule has 4 aromatic rings. The van der Waals surface area contributed by atoms with Crippen molar-refractivity contribution in [1.29, 1.82) is 0 Å². The van der Waals surface area contributed by atoms with E-state index in [1.807, 2.05) is 67.1 Å². The quantitative estimate of drug-likeness (QED) is 0.418. The Morgan fingerprint density at radius 1 is 0.903 bits per heavy atom. The Kier molecular flexibility index (Phi) is 6.44. The summed E-state index contributed by atoms with van der Waals surface area (Å²) in [6.45, 7) is 0.0830. The standard InChI is InChI=1S/C28H26NO2/c29-28(31)27-24(16-15-23-9-5-6-12-26(23)27)10-2-1-7-21(19-30)17-20-13-14-22-8-3-4-11-25(22)18-20/h1-9,11-16,18,21,30H,10,17,19H2,(H2,29,31)/b7-1+. The fourth-order valence-electron chi connectivity index (χ4n) is 4.07. The molecule has 3 heteroatoms. The normalized spacial score (nSPS) is 12.5. The lowest BCUT2D eigenvalue weighted by molar-refractivity contribution is 0.100. The minimum atomic E-state index is -0.409. The molecular formula is C28H26NO2. The molecule has 0 aliphatic rings. The van der Waals surface area contributed by atoms with E-state index in [2.05, 4.69) is 30.3 Å². The molecule has 3 N–H and O–H groups in total. The Hall–Kier alpha value is -3.43. The number of carbonyl (C=O) groups is 1. The van der Waals surface area contributed by atoms with Gasteiger partial charge in [-0.15, -0.1) is 0 Å². The van der Waals surface area contributed by atoms with Gasteiger partial charge in [0.25, 0.3) is 0 Å². The van der Waals surface area contributed by atoms with Crippen LogP contribution in [0, 0.1) is 12.3 Å². The maximum absolute atomic E-state index is 12.1. The highest BCUT2D eigenvalue weighted by Crippen LogP contribution is 2.23. The van der Waals surface area contributed by atoms with Crippen molar-refractivity contribution in [2.75, 3.05) is 6.61 Å². The molecule has 0 fully saturated rings. The molecule has 4 rings (SSSR count). The lowest BCUT2D eigenvalue weighted by Gasteiger charge is -2.11. The van der Waals surface area contributed by atoms with Crippen LogP contribution in [0.5, 0.6) is 0 Å². The van der Waals surface area contributed by atoms with Gasteiger partial charge in [0, 0.05) is 12.5 Å². The van der Waals surface area contributed by atoms with E-state index >= 15 is 0 Å². The van der Waals surface area contributed by atoms with Crippen molar-refractivity contribution in [3.05, 3.63) is 114 Å². The van der Waals surface area contributed by atoms with Crippen molar-refractivity contribution in [3.63, 3.8) is 0 Å². The maximum Gasteiger partial charge on any atom is 0.249 e. The molecular weight excluding hydrogens is 382 g/mol. The highest BCUT2D eigenvalue weighted by molar-refractivity contribution is 6.07. The van der Waals surface area contributed by atoms with Crippen LogP contribution in [-0.4, -0.2) is 17.6 Å². The zero-order valence-corrected chi connectivity index (χ0v) is 17.4. The molecule has 4 aromatic carbocycles. The first kappa shape index (κ1) is 20.8. The van der Waals surface area contributed by atoms with Crippen LogP contribution < -0.4 is 5.73 Å². The Balaban J connectivity index is 1.43. The molecule has 0 bridgehead atoms. The number of carbonyl (C=O) groups excluding carboxylic acids is 1.